The average Bonchev–Trinajstić information content (AvgIpc) is 2.98. The minimum atomic E-state index is 0.319. The van der Waals surface area contributed by atoms with E-state index in [-0.39, 0.29) is 0 Å². The Bertz CT molecular complexity index is 546. The first-order chi connectivity index (χ1) is 12.6. The summed E-state index contributed by atoms with van der Waals surface area (Å²) in [6.07, 6.45) is 3.38. The van der Waals surface area contributed by atoms with E-state index < -0.39 is 0 Å². The molecule has 26 heavy (non-hydrogen) atoms. The van der Waals surface area contributed by atoms with Crippen molar-refractivity contribution in [2.24, 2.45) is 4.99 Å². The van der Waals surface area contributed by atoms with Gasteiger partial charge >= 0.3 is 0 Å². The van der Waals surface area contributed by atoms with Gasteiger partial charge in [0.05, 0.1) is 11.8 Å². The zero-order valence-corrected chi connectivity index (χ0v) is 16.9. The van der Waals surface area contributed by atoms with Gasteiger partial charge in [-0.3, -0.25) is 4.99 Å². The highest BCUT2D eigenvalue weighted by Gasteiger charge is 2.23. The first-order valence-electron chi connectivity index (χ1n) is 9.55. The normalized spacial score (nSPS) is 17.6. The van der Waals surface area contributed by atoms with Crippen molar-refractivity contribution in [3.8, 4) is 0 Å². The quantitative estimate of drug-likeness (QED) is 0.433. The van der Waals surface area contributed by atoms with E-state index in [1.54, 1.807) is 7.11 Å². The molecule has 0 saturated carbocycles. The van der Waals surface area contributed by atoms with Crippen LogP contribution < -0.4 is 5.32 Å². The Morgan fingerprint density at radius 3 is 2.65 bits per heavy atom. The SMILES string of the molecule is CN=C(NCC(C)c1c(C)noc1C)N1CCC(OCCCOC)CC1. The molecule has 148 valence electrons. The highest BCUT2D eigenvalue weighted by atomic mass is 16.5. The highest BCUT2D eigenvalue weighted by Crippen LogP contribution is 2.22. The smallest absolute Gasteiger partial charge is 0.193 e. The lowest BCUT2D eigenvalue weighted by atomic mass is 9.99. The Hall–Kier alpha value is -1.60. The molecule has 1 N–H and O–H groups in total. The summed E-state index contributed by atoms with van der Waals surface area (Å²) in [7, 11) is 3.57. The van der Waals surface area contributed by atoms with Crippen molar-refractivity contribution in [2.75, 3.05) is 47.0 Å². The van der Waals surface area contributed by atoms with Gasteiger partial charge in [-0.2, -0.15) is 0 Å². The molecule has 0 bridgehead atoms. The van der Waals surface area contributed by atoms with Crippen LogP contribution in [-0.4, -0.2) is 69.1 Å². The van der Waals surface area contributed by atoms with Gasteiger partial charge in [0.1, 0.15) is 5.76 Å². The van der Waals surface area contributed by atoms with Crippen LogP contribution in [0.25, 0.3) is 0 Å². The molecule has 0 amide bonds. The maximum atomic E-state index is 5.94. The number of likely N-dealkylation sites (tertiary alicyclic amines) is 1. The van der Waals surface area contributed by atoms with Crippen molar-refractivity contribution >= 4 is 5.96 Å². The van der Waals surface area contributed by atoms with Crippen LogP contribution in [0.15, 0.2) is 9.52 Å². The van der Waals surface area contributed by atoms with Gasteiger partial charge < -0.3 is 24.2 Å². The molecule has 0 radical (unpaired) electrons. The van der Waals surface area contributed by atoms with Crippen LogP contribution in [0.4, 0.5) is 0 Å². The molecule has 1 aromatic rings. The number of aromatic nitrogens is 1. The van der Waals surface area contributed by atoms with E-state index in [1.165, 1.54) is 5.56 Å². The predicted molar refractivity (Wildman–Crippen MR) is 103 cm³/mol. The molecule has 1 aromatic heterocycles. The van der Waals surface area contributed by atoms with E-state index in [4.69, 9.17) is 14.0 Å². The Balaban J connectivity index is 1.76. The minimum Gasteiger partial charge on any atom is -0.385 e. The molecule has 7 nitrogen and oxygen atoms in total. The summed E-state index contributed by atoms with van der Waals surface area (Å²) in [6, 6.07) is 0. The third kappa shape index (κ3) is 5.71. The Labute approximate surface area is 157 Å². The molecule has 2 heterocycles. The molecule has 0 spiro atoms. The van der Waals surface area contributed by atoms with E-state index in [1.807, 2.05) is 20.9 Å². The summed E-state index contributed by atoms with van der Waals surface area (Å²) >= 11 is 0. The molecular formula is C19H34N4O3. The van der Waals surface area contributed by atoms with Crippen molar-refractivity contribution in [2.45, 2.75) is 52.1 Å². The van der Waals surface area contributed by atoms with Gasteiger partial charge in [0.25, 0.3) is 0 Å². The number of nitrogens with one attached hydrogen (secondary N) is 1. The predicted octanol–water partition coefficient (Wildman–Crippen LogP) is 2.49. The molecule has 1 saturated heterocycles. The third-order valence-electron chi connectivity index (χ3n) is 4.95. The molecule has 1 atom stereocenters. The van der Waals surface area contributed by atoms with Gasteiger partial charge in [-0.25, -0.2) is 0 Å². The fourth-order valence-electron chi connectivity index (χ4n) is 3.56. The van der Waals surface area contributed by atoms with Crippen molar-refractivity contribution in [3.05, 3.63) is 17.0 Å². The number of guanidine groups is 1. The van der Waals surface area contributed by atoms with Crippen LogP contribution in [0.3, 0.4) is 0 Å². The van der Waals surface area contributed by atoms with Gasteiger partial charge in [0.15, 0.2) is 5.96 Å². The first kappa shape index (κ1) is 20.7. The number of aryl methyl sites for hydroxylation is 2. The molecule has 1 unspecified atom stereocenters. The average molecular weight is 367 g/mol. The summed E-state index contributed by atoms with van der Waals surface area (Å²) in [4.78, 5) is 6.77. The molecule has 0 aliphatic carbocycles. The fourth-order valence-corrected chi connectivity index (χ4v) is 3.56. The molecule has 7 heteroatoms. The number of aliphatic imine (C=N–C) groups is 1. The number of hydrogen-bond acceptors (Lipinski definition) is 5. The van der Waals surface area contributed by atoms with Crippen molar-refractivity contribution in [3.63, 3.8) is 0 Å². The number of methoxy groups -OCH3 is 1. The van der Waals surface area contributed by atoms with E-state index in [0.29, 0.717) is 12.0 Å². The molecule has 0 aromatic carbocycles. The van der Waals surface area contributed by atoms with Crippen LogP contribution in [-0.2, 0) is 9.47 Å². The largest absolute Gasteiger partial charge is 0.385 e. The van der Waals surface area contributed by atoms with Gasteiger partial charge in [-0.1, -0.05) is 12.1 Å². The Kier molecular flexibility index (Phi) is 8.38. The summed E-state index contributed by atoms with van der Waals surface area (Å²) in [5.41, 5.74) is 2.16. The second kappa shape index (κ2) is 10.5. The van der Waals surface area contributed by atoms with Gasteiger partial charge in [-0.05, 0) is 33.1 Å². The fraction of sp³-hybridized carbons (Fsp3) is 0.789. The summed E-state index contributed by atoms with van der Waals surface area (Å²) in [5, 5.41) is 7.56. The van der Waals surface area contributed by atoms with Crippen LogP contribution >= 0.6 is 0 Å². The highest BCUT2D eigenvalue weighted by molar-refractivity contribution is 5.80. The lowest BCUT2D eigenvalue weighted by Gasteiger charge is -2.34. The Morgan fingerprint density at radius 2 is 2.08 bits per heavy atom. The minimum absolute atomic E-state index is 0.319. The summed E-state index contributed by atoms with van der Waals surface area (Å²) < 4.78 is 16.3. The molecule has 1 fully saturated rings. The van der Waals surface area contributed by atoms with Crippen LogP contribution in [0.1, 0.15) is 49.1 Å². The zero-order valence-electron chi connectivity index (χ0n) is 16.9. The monoisotopic (exact) mass is 366 g/mol. The van der Waals surface area contributed by atoms with Crippen molar-refractivity contribution in [1.29, 1.82) is 0 Å². The number of hydrogen-bond donors (Lipinski definition) is 1. The van der Waals surface area contributed by atoms with Gasteiger partial charge in [0.2, 0.25) is 0 Å². The standard InChI is InChI=1S/C19H34N4O3/c1-14(18-15(2)22-26-16(18)3)13-21-19(20-4)23-9-7-17(8-10-23)25-12-6-11-24-5/h14,17H,6-13H2,1-5H3,(H,20,21). The van der Waals surface area contributed by atoms with E-state index in [2.05, 4.69) is 27.3 Å². The topological polar surface area (TPSA) is 72.1 Å². The first-order valence-corrected chi connectivity index (χ1v) is 9.55. The lowest BCUT2D eigenvalue weighted by Crippen LogP contribution is -2.47. The second-order valence-electron chi connectivity index (χ2n) is 6.97. The lowest BCUT2D eigenvalue weighted by molar-refractivity contribution is 0.00990. The maximum Gasteiger partial charge on any atom is 0.193 e. The van der Waals surface area contributed by atoms with Crippen LogP contribution in [0.5, 0.6) is 0 Å². The summed E-state index contributed by atoms with van der Waals surface area (Å²) in [5.74, 6) is 2.18. The van der Waals surface area contributed by atoms with Crippen LogP contribution in [0, 0.1) is 13.8 Å². The second-order valence-corrected chi connectivity index (χ2v) is 6.97. The van der Waals surface area contributed by atoms with E-state index in [9.17, 15) is 0 Å². The molecule has 2 rings (SSSR count). The molecule has 1 aliphatic rings. The number of ether oxygens (including phenoxy) is 2. The zero-order chi connectivity index (χ0) is 18.9. The van der Waals surface area contributed by atoms with Crippen LogP contribution in [0.2, 0.25) is 0 Å². The van der Waals surface area contributed by atoms with Crippen molar-refractivity contribution < 1.29 is 14.0 Å². The van der Waals surface area contributed by atoms with Crippen molar-refractivity contribution in [1.82, 2.24) is 15.4 Å². The number of nitrogens with zero attached hydrogens (tertiary/aromatic N) is 3. The maximum absolute atomic E-state index is 5.94. The molecular weight excluding hydrogens is 332 g/mol. The van der Waals surface area contributed by atoms with E-state index >= 15 is 0 Å². The number of piperidine rings is 1. The molecule has 1 aliphatic heterocycles. The van der Waals surface area contributed by atoms with Gasteiger partial charge in [-0.15, -0.1) is 0 Å². The summed E-state index contributed by atoms with van der Waals surface area (Å²) in [6.45, 7) is 10.4. The number of rotatable bonds is 8. The Morgan fingerprint density at radius 1 is 1.35 bits per heavy atom. The van der Waals surface area contributed by atoms with E-state index in [0.717, 1.165) is 69.5 Å². The third-order valence-corrected chi connectivity index (χ3v) is 4.95. The van der Waals surface area contributed by atoms with Gasteiger partial charge in [0, 0.05) is 58.5 Å².